The highest BCUT2D eigenvalue weighted by atomic mass is 32.2. The van der Waals surface area contributed by atoms with E-state index in [1.54, 1.807) is 0 Å². The van der Waals surface area contributed by atoms with Crippen molar-refractivity contribution in [2.45, 2.75) is 19.3 Å². The number of carbonyl (C=O) groups excluding carboxylic acids is 1. The SMILES string of the molecule is O=Cc1cnoc1CC1CCSCC1. The number of aromatic nitrogens is 1. The van der Waals surface area contributed by atoms with Crippen molar-refractivity contribution in [2.24, 2.45) is 5.92 Å². The third-order valence-electron chi connectivity index (χ3n) is 2.62. The van der Waals surface area contributed by atoms with E-state index in [1.807, 2.05) is 11.8 Å². The van der Waals surface area contributed by atoms with Gasteiger partial charge in [0.25, 0.3) is 0 Å². The van der Waals surface area contributed by atoms with Crippen LogP contribution in [-0.4, -0.2) is 22.9 Å². The van der Waals surface area contributed by atoms with Crippen molar-refractivity contribution in [3.63, 3.8) is 0 Å². The minimum atomic E-state index is 0.614. The number of hydrogen-bond acceptors (Lipinski definition) is 4. The predicted octanol–water partition coefficient (Wildman–Crippen LogP) is 2.17. The van der Waals surface area contributed by atoms with E-state index < -0.39 is 0 Å². The largest absolute Gasteiger partial charge is 0.361 e. The van der Waals surface area contributed by atoms with E-state index in [9.17, 15) is 4.79 Å². The molecule has 1 aliphatic heterocycles. The fraction of sp³-hybridized carbons (Fsp3) is 0.600. The van der Waals surface area contributed by atoms with Crippen LogP contribution in [0.1, 0.15) is 29.0 Å². The van der Waals surface area contributed by atoms with E-state index in [4.69, 9.17) is 4.52 Å². The van der Waals surface area contributed by atoms with Crippen LogP contribution < -0.4 is 0 Å². The molecule has 1 saturated heterocycles. The van der Waals surface area contributed by atoms with E-state index in [-0.39, 0.29) is 0 Å². The predicted molar refractivity (Wildman–Crippen MR) is 55.6 cm³/mol. The molecular formula is C10H13NO2S. The average Bonchev–Trinajstić information content (AvgIpc) is 2.67. The summed E-state index contributed by atoms with van der Waals surface area (Å²) in [5, 5.41) is 3.65. The Bertz CT molecular complexity index is 305. The first kappa shape index (κ1) is 9.77. The standard InChI is InChI=1S/C10H13NO2S/c12-7-9-6-11-13-10(9)5-8-1-3-14-4-2-8/h6-8H,1-5H2. The Morgan fingerprint density at radius 1 is 1.57 bits per heavy atom. The van der Waals surface area contributed by atoms with Crippen LogP contribution in [0.3, 0.4) is 0 Å². The zero-order valence-electron chi connectivity index (χ0n) is 7.94. The van der Waals surface area contributed by atoms with E-state index in [0.29, 0.717) is 11.5 Å². The number of carbonyl (C=O) groups is 1. The van der Waals surface area contributed by atoms with Gasteiger partial charge in [-0.05, 0) is 30.3 Å². The van der Waals surface area contributed by atoms with Gasteiger partial charge >= 0.3 is 0 Å². The van der Waals surface area contributed by atoms with E-state index >= 15 is 0 Å². The molecule has 0 N–H and O–H groups in total. The van der Waals surface area contributed by atoms with Crippen LogP contribution in [0.15, 0.2) is 10.7 Å². The molecule has 0 spiro atoms. The maximum atomic E-state index is 10.6. The van der Waals surface area contributed by atoms with Gasteiger partial charge in [-0.2, -0.15) is 11.8 Å². The van der Waals surface area contributed by atoms with Gasteiger partial charge in [-0.1, -0.05) is 5.16 Å². The lowest BCUT2D eigenvalue weighted by molar-refractivity contribution is 0.112. The van der Waals surface area contributed by atoms with Crippen LogP contribution in [0, 0.1) is 5.92 Å². The van der Waals surface area contributed by atoms with Gasteiger partial charge < -0.3 is 4.52 Å². The van der Waals surface area contributed by atoms with Crippen molar-refractivity contribution >= 4 is 18.0 Å². The Balaban J connectivity index is 1.98. The highest BCUT2D eigenvalue weighted by molar-refractivity contribution is 7.99. The molecule has 0 amide bonds. The van der Waals surface area contributed by atoms with Crippen molar-refractivity contribution in [1.29, 1.82) is 0 Å². The van der Waals surface area contributed by atoms with E-state index in [1.165, 1.54) is 30.5 Å². The molecule has 0 atom stereocenters. The first-order valence-electron chi connectivity index (χ1n) is 4.86. The first-order chi connectivity index (χ1) is 6.90. The van der Waals surface area contributed by atoms with Gasteiger partial charge in [0.15, 0.2) is 6.29 Å². The Hall–Kier alpha value is -0.770. The maximum absolute atomic E-state index is 10.6. The molecule has 0 unspecified atom stereocenters. The van der Waals surface area contributed by atoms with E-state index in [2.05, 4.69) is 5.16 Å². The van der Waals surface area contributed by atoms with Crippen molar-refractivity contribution in [3.8, 4) is 0 Å². The fourth-order valence-corrected chi connectivity index (χ4v) is 2.94. The number of aldehydes is 1. The van der Waals surface area contributed by atoms with Crippen LogP contribution >= 0.6 is 11.8 Å². The summed E-state index contributed by atoms with van der Waals surface area (Å²) in [5.74, 6) is 3.89. The topological polar surface area (TPSA) is 43.1 Å². The second kappa shape index (κ2) is 4.64. The maximum Gasteiger partial charge on any atom is 0.155 e. The summed E-state index contributed by atoms with van der Waals surface area (Å²) in [5.41, 5.74) is 0.614. The van der Waals surface area contributed by atoms with Crippen molar-refractivity contribution in [2.75, 3.05) is 11.5 Å². The van der Waals surface area contributed by atoms with Crippen molar-refractivity contribution in [3.05, 3.63) is 17.5 Å². The highest BCUT2D eigenvalue weighted by Gasteiger charge is 2.18. The molecule has 0 saturated carbocycles. The van der Waals surface area contributed by atoms with Gasteiger partial charge in [-0.25, -0.2) is 0 Å². The summed E-state index contributed by atoms with van der Waals surface area (Å²) in [6.45, 7) is 0. The molecule has 1 fully saturated rings. The molecular weight excluding hydrogens is 198 g/mol. The molecule has 1 aromatic rings. The molecule has 76 valence electrons. The number of thioether (sulfide) groups is 1. The zero-order valence-corrected chi connectivity index (χ0v) is 8.76. The van der Waals surface area contributed by atoms with Gasteiger partial charge in [0.1, 0.15) is 5.76 Å². The summed E-state index contributed by atoms with van der Waals surface area (Å²) in [6.07, 6.45) is 5.64. The molecule has 2 heterocycles. The van der Waals surface area contributed by atoms with Gasteiger partial charge in [0.2, 0.25) is 0 Å². The molecule has 14 heavy (non-hydrogen) atoms. The summed E-state index contributed by atoms with van der Waals surface area (Å²) in [7, 11) is 0. The Labute approximate surface area is 87.2 Å². The van der Waals surface area contributed by atoms with E-state index in [0.717, 1.165) is 18.5 Å². The quantitative estimate of drug-likeness (QED) is 0.719. The minimum absolute atomic E-state index is 0.614. The van der Waals surface area contributed by atoms with Gasteiger partial charge in [0, 0.05) is 6.42 Å². The minimum Gasteiger partial charge on any atom is -0.361 e. The Morgan fingerprint density at radius 3 is 3.07 bits per heavy atom. The summed E-state index contributed by atoms with van der Waals surface area (Å²) in [6, 6.07) is 0. The molecule has 0 radical (unpaired) electrons. The molecule has 3 nitrogen and oxygen atoms in total. The lowest BCUT2D eigenvalue weighted by atomic mass is 9.96. The molecule has 0 aliphatic carbocycles. The van der Waals surface area contributed by atoms with Crippen LogP contribution in [0.4, 0.5) is 0 Å². The highest BCUT2D eigenvalue weighted by Crippen LogP contribution is 2.26. The Kier molecular flexibility index (Phi) is 3.24. The smallest absolute Gasteiger partial charge is 0.155 e. The second-order valence-corrected chi connectivity index (χ2v) is 4.81. The normalized spacial score (nSPS) is 18.3. The summed E-state index contributed by atoms with van der Waals surface area (Å²) < 4.78 is 5.07. The Morgan fingerprint density at radius 2 is 2.36 bits per heavy atom. The zero-order chi connectivity index (χ0) is 9.80. The molecule has 0 bridgehead atoms. The van der Waals surface area contributed by atoms with Crippen molar-refractivity contribution in [1.82, 2.24) is 5.16 Å². The van der Waals surface area contributed by atoms with Gasteiger partial charge in [-0.15, -0.1) is 0 Å². The first-order valence-corrected chi connectivity index (χ1v) is 6.02. The van der Waals surface area contributed by atoms with Gasteiger partial charge in [0.05, 0.1) is 11.8 Å². The number of rotatable bonds is 3. The second-order valence-electron chi connectivity index (χ2n) is 3.58. The van der Waals surface area contributed by atoms with Gasteiger partial charge in [-0.3, -0.25) is 4.79 Å². The number of hydrogen-bond donors (Lipinski definition) is 0. The summed E-state index contributed by atoms with van der Waals surface area (Å²) >= 11 is 2.01. The third kappa shape index (κ3) is 2.18. The molecule has 2 rings (SSSR count). The van der Waals surface area contributed by atoms with Crippen LogP contribution in [-0.2, 0) is 6.42 Å². The fourth-order valence-electron chi connectivity index (χ4n) is 1.74. The number of nitrogens with zero attached hydrogens (tertiary/aromatic N) is 1. The monoisotopic (exact) mass is 211 g/mol. The molecule has 0 aromatic carbocycles. The lowest BCUT2D eigenvalue weighted by Crippen LogP contribution is -2.12. The lowest BCUT2D eigenvalue weighted by Gasteiger charge is -2.19. The molecule has 4 heteroatoms. The van der Waals surface area contributed by atoms with Crippen molar-refractivity contribution < 1.29 is 9.32 Å². The molecule has 1 aliphatic rings. The molecule has 1 aromatic heterocycles. The third-order valence-corrected chi connectivity index (χ3v) is 3.67. The summed E-state index contributed by atoms with van der Waals surface area (Å²) in [4.78, 5) is 10.6. The van der Waals surface area contributed by atoms with Crippen LogP contribution in [0.5, 0.6) is 0 Å². The average molecular weight is 211 g/mol. The van der Waals surface area contributed by atoms with Crippen LogP contribution in [0.25, 0.3) is 0 Å². The van der Waals surface area contributed by atoms with Crippen LogP contribution in [0.2, 0.25) is 0 Å².